The molecule has 5 heterocycles. The lowest BCUT2D eigenvalue weighted by molar-refractivity contribution is -0.179. The van der Waals surface area contributed by atoms with Gasteiger partial charge >= 0.3 is 5.97 Å². The maximum atomic E-state index is 15.8. The first-order valence-corrected chi connectivity index (χ1v) is 20.2. The van der Waals surface area contributed by atoms with E-state index in [1.807, 2.05) is 83.8 Å². The largest absolute Gasteiger partial charge is 0.491 e. The zero-order valence-corrected chi connectivity index (χ0v) is 32.8. The van der Waals surface area contributed by atoms with Crippen LogP contribution < -0.4 is 15.0 Å². The number of aromatic nitrogens is 2. The summed E-state index contributed by atoms with van der Waals surface area (Å²) in [5.41, 5.74) is 2.30. The van der Waals surface area contributed by atoms with E-state index in [1.54, 1.807) is 47.6 Å². The van der Waals surface area contributed by atoms with Crippen molar-refractivity contribution in [1.82, 2.24) is 19.8 Å². The number of anilines is 2. The maximum absolute atomic E-state index is 15.8. The first kappa shape index (κ1) is 38.9. The zero-order chi connectivity index (χ0) is 41.2. The number of aliphatic hydroxyl groups excluding tert-OH is 2. The van der Waals surface area contributed by atoms with Crippen molar-refractivity contribution < 1.29 is 34.1 Å². The number of hydrogen-bond acceptors (Lipinski definition) is 11. The average molecular weight is 805 g/mol. The van der Waals surface area contributed by atoms with Crippen LogP contribution >= 0.6 is 0 Å². The standard InChI is InChI=1S/C47H44N6O7/c54-27-8-7-10-31-15-20-37-36(30-31)47(45(58)50-37)38(43(56)51-23-25-52(26-24-51)46-48-21-9-22-49-46)40-44(57)60-41(33-13-5-2-6-14-33)39(32-11-3-1-4-12-32)53(40)42(47)34-16-18-35(19-17-34)59-29-28-55/h1-6,9,11-22,30,38-42,54-55H,8,23-29H2,(H,50,58). The Labute approximate surface area is 347 Å². The van der Waals surface area contributed by atoms with Gasteiger partial charge in [-0.1, -0.05) is 84.6 Å². The predicted molar refractivity (Wildman–Crippen MR) is 221 cm³/mol. The number of cyclic esters (lactones) is 1. The fourth-order valence-corrected chi connectivity index (χ4v) is 9.56. The Bertz CT molecular complexity index is 2420. The molecule has 13 heteroatoms. The van der Waals surface area contributed by atoms with E-state index in [0.717, 1.165) is 11.1 Å². The molecule has 1 spiro atoms. The van der Waals surface area contributed by atoms with Crippen molar-refractivity contribution in [2.45, 2.75) is 36.1 Å². The molecule has 6 atom stereocenters. The summed E-state index contributed by atoms with van der Waals surface area (Å²) in [7, 11) is 0. The maximum Gasteiger partial charge on any atom is 0.324 e. The second-order valence-electron chi connectivity index (χ2n) is 15.3. The van der Waals surface area contributed by atoms with Crippen molar-refractivity contribution in [2.75, 3.05) is 56.2 Å². The van der Waals surface area contributed by atoms with Crippen molar-refractivity contribution in [3.63, 3.8) is 0 Å². The molecule has 5 aromatic rings. The summed E-state index contributed by atoms with van der Waals surface area (Å²) in [6.07, 6.45) is 2.82. The Kier molecular flexibility index (Phi) is 10.7. The van der Waals surface area contributed by atoms with Gasteiger partial charge in [-0.2, -0.15) is 0 Å². The van der Waals surface area contributed by atoms with Gasteiger partial charge in [0.1, 0.15) is 29.9 Å². The van der Waals surface area contributed by atoms with Crippen LogP contribution in [-0.2, 0) is 24.5 Å². The number of ether oxygens (including phenoxy) is 2. The Morgan fingerprint density at radius 2 is 1.52 bits per heavy atom. The van der Waals surface area contributed by atoms with E-state index in [-0.39, 0.29) is 32.1 Å². The van der Waals surface area contributed by atoms with Crippen molar-refractivity contribution in [2.24, 2.45) is 5.92 Å². The van der Waals surface area contributed by atoms with Crippen molar-refractivity contribution in [3.8, 4) is 17.6 Å². The van der Waals surface area contributed by atoms with Crippen LogP contribution in [0.25, 0.3) is 0 Å². The molecular formula is C47H44N6O7. The van der Waals surface area contributed by atoms with Gasteiger partial charge in [-0.25, -0.2) is 9.97 Å². The summed E-state index contributed by atoms with van der Waals surface area (Å²) >= 11 is 0. The Morgan fingerprint density at radius 3 is 2.20 bits per heavy atom. The van der Waals surface area contributed by atoms with E-state index in [0.29, 0.717) is 60.3 Å². The lowest BCUT2D eigenvalue weighted by Gasteiger charge is -2.46. The van der Waals surface area contributed by atoms with E-state index < -0.39 is 47.4 Å². The third-order valence-corrected chi connectivity index (χ3v) is 12.0. The molecule has 0 saturated carbocycles. The molecule has 0 bridgehead atoms. The molecule has 3 N–H and O–H groups in total. The van der Waals surface area contributed by atoms with Gasteiger partial charge in [0, 0.05) is 56.2 Å². The fraction of sp³-hybridized carbons (Fsp3) is 0.298. The van der Waals surface area contributed by atoms with E-state index >= 15 is 14.4 Å². The number of carbonyl (C=O) groups excluding carboxylic acids is 3. The number of nitrogens with zero attached hydrogens (tertiary/aromatic N) is 5. The van der Waals surface area contributed by atoms with Crippen LogP contribution in [0.1, 0.15) is 52.4 Å². The number of nitrogens with one attached hydrogen (secondary N) is 1. The molecule has 2 amide bonds. The van der Waals surface area contributed by atoms with Crippen LogP contribution in [0.2, 0.25) is 0 Å². The summed E-state index contributed by atoms with van der Waals surface area (Å²) in [4.78, 5) is 61.1. The van der Waals surface area contributed by atoms with Gasteiger partial charge < -0.3 is 34.8 Å². The highest BCUT2D eigenvalue weighted by molar-refractivity contribution is 6.12. The van der Waals surface area contributed by atoms with Gasteiger partial charge in [0.25, 0.3) is 0 Å². The third-order valence-electron chi connectivity index (χ3n) is 12.0. The minimum absolute atomic E-state index is 0.0949. The number of hydrogen-bond donors (Lipinski definition) is 3. The van der Waals surface area contributed by atoms with Crippen LogP contribution in [0.5, 0.6) is 5.75 Å². The number of morpholine rings is 1. The number of benzene rings is 4. The molecule has 0 aliphatic carbocycles. The second kappa shape index (κ2) is 16.6. The summed E-state index contributed by atoms with van der Waals surface area (Å²) in [5.74, 6) is 4.61. The molecule has 0 radical (unpaired) electrons. The fourth-order valence-electron chi connectivity index (χ4n) is 9.56. The monoisotopic (exact) mass is 804 g/mol. The lowest BCUT2D eigenvalue weighted by Crippen LogP contribution is -2.58. The van der Waals surface area contributed by atoms with Crippen molar-refractivity contribution in [3.05, 3.63) is 149 Å². The topological polar surface area (TPSA) is 158 Å². The van der Waals surface area contributed by atoms with Crippen LogP contribution in [0.3, 0.4) is 0 Å². The number of esters is 1. The minimum Gasteiger partial charge on any atom is -0.491 e. The van der Waals surface area contributed by atoms with Gasteiger partial charge in [-0.15, -0.1) is 0 Å². The second-order valence-corrected chi connectivity index (χ2v) is 15.3. The van der Waals surface area contributed by atoms with Gasteiger partial charge in [-0.3, -0.25) is 19.3 Å². The molecule has 6 unspecified atom stereocenters. The molecule has 4 aliphatic rings. The number of rotatable bonds is 9. The van der Waals surface area contributed by atoms with Crippen molar-refractivity contribution >= 4 is 29.4 Å². The van der Waals surface area contributed by atoms with E-state index in [9.17, 15) is 10.2 Å². The number of piperazine rings is 1. The number of amides is 2. The zero-order valence-electron chi connectivity index (χ0n) is 32.8. The molecular weight excluding hydrogens is 761 g/mol. The summed E-state index contributed by atoms with van der Waals surface area (Å²) in [6, 6.07) is 31.1. The normalized spacial score (nSPS) is 24.5. The number of fused-ring (bicyclic) bond motifs is 3. The molecule has 3 fully saturated rings. The summed E-state index contributed by atoms with van der Waals surface area (Å²) in [6.45, 7) is 1.34. The molecule has 304 valence electrons. The summed E-state index contributed by atoms with van der Waals surface area (Å²) in [5, 5.41) is 22.2. The quantitative estimate of drug-likeness (QED) is 0.145. The molecule has 60 heavy (non-hydrogen) atoms. The molecule has 1 aromatic heterocycles. The average Bonchev–Trinajstić information content (AvgIpc) is 3.77. The Balaban J connectivity index is 1.27. The Hall–Kier alpha value is -6.59. The van der Waals surface area contributed by atoms with Crippen LogP contribution in [-0.4, -0.2) is 99.8 Å². The molecule has 4 aromatic carbocycles. The first-order valence-electron chi connectivity index (χ1n) is 20.2. The van der Waals surface area contributed by atoms with Gasteiger partial charge in [0.05, 0.1) is 31.2 Å². The first-order chi connectivity index (χ1) is 29.4. The number of aliphatic hydroxyl groups is 2. The highest BCUT2D eigenvalue weighted by Crippen LogP contribution is 2.65. The van der Waals surface area contributed by atoms with Crippen LogP contribution in [0.15, 0.2) is 122 Å². The van der Waals surface area contributed by atoms with Crippen LogP contribution in [0.4, 0.5) is 11.6 Å². The molecule has 9 rings (SSSR count). The van der Waals surface area contributed by atoms with E-state index in [1.165, 1.54) is 0 Å². The molecule has 3 saturated heterocycles. The van der Waals surface area contributed by atoms with Crippen LogP contribution in [0, 0.1) is 17.8 Å². The molecule has 13 nitrogen and oxygen atoms in total. The van der Waals surface area contributed by atoms with E-state index in [2.05, 4.69) is 32.0 Å². The molecule has 4 aliphatic heterocycles. The predicted octanol–water partition coefficient (Wildman–Crippen LogP) is 4.20. The lowest BCUT2D eigenvalue weighted by atomic mass is 9.65. The third kappa shape index (κ3) is 6.72. The van der Waals surface area contributed by atoms with E-state index in [4.69, 9.17) is 9.47 Å². The highest BCUT2D eigenvalue weighted by atomic mass is 16.6. The number of carbonyl (C=O) groups is 3. The minimum atomic E-state index is -1.67. The van der Waals surface area contributed by atoms with Gasteiger partial charge in [0.2, 0.25) is 17.8 Å². The van der Waals surface area contributed by atoms with Gasteiger partial charge in [-0.05, 0) is 58.7 Å². The summed E-state index contributed by atoms with van der Waals surface area (Å²) < 4.78 is 12.3. The SMILES string of the molecule is O=C1OC(c2ccccc2)C(c2ccccc2)N2C1C(C(=O)N1CCN(c3ncccn3)CC1)C1(C(=O)Nc3ccc(C#CCCO)cc31)C2c1ccc(OCCO)cc1. The van der Waals surface area contributed by atoms with Gasteiger partial charge in [0.15, 0.2) is 0 Å². The van der Waals surface area contributed by atoms with Crippen molar-refractivity contribution in [1.29, 1.82) is 0 Å². The highest BCUT2D eigenvalue weighted by Gasteiger charge is 2.74. The smallest absolute Gasteiger partial charge is 0.324 e. The Morgan fingerprint density at radius 1 is 0.817 bits per heavy atom.